The molecule has 0 spiro atoms. The van der Waals surface area contributed by atoms with Gasteiger partial charge in [-0.1, -0.05) is 68.4 Å². The average molecular weight is 362 g/mol. The van der Waals surface area contributed by atoms with Crippen LogP contribution in [0.25, 0.3) is 0 Å². The van der Waals surface area contributed by atoms with E-state index in [1.54, 1.807) is 6.92 Å². The first-order chi connectivity index (χ1) is 12.7. The average Bonchev–Trinajstić information content (AvgIpc) is 2.64. The Kier molecular flexibility index (Phi) is 18.5. The van der Waals surface area contributed by atoms with E-state index in [1.807, 2.05) is 0 Å². The van der Waals surface area contributed by atoms with E-state index in [0.717, 1.165) is 32.1 Å². The fourth-order valence-corrected chi connectivity index (χ4v) is 2.33. The molecule has 0 fully saturated rings. The molecule has 1 amide bonds. The highest BCUT2D eigenvalue weighted by molar-refractivity contribution is 5.76. The van der Waals surface area contributed by atoms with E-state index in [9.17, 15) is 4.79 Å². The highest BCUT2D eigenvalue weighted by Crippen LogP contribution is 2.01. The van der Waals surface area contributed by atoms with E-state index >= 15 is 0 Å². The molecule has 0 bridgehead atoms. The Balaban J connectivity index is 3.50. The van der Waals surface area contributed by atoms with Gasteiger partial charge in [-0.25, -0.2) is 0 Å². The lowest BCUT2D eigenvalue weighted by Gasteiger charge is -2.09. The van der Waals surface area contributed by atoms with E-state index in [4.69, 9.17) is 5.11 Å². The normalized spacial score (nSPS) is 13.5. The summed E-state index contributed by atoms with van der Waals surface area (Å²) in [5, 5.41) is 11.6. The number of aliphatic hydroxyl groups excluding tert-OH is 1. The van der Waals surface area contributed by atoms with Gasteiger partial charge in [-0.3, -0.25) is 4.79 Å². The number of unbranched alkanes of at least 4 members (excludes halogenated alkanes) is 4. The fraction of sp³-hybridized carbons (Fsp3) is 0.609. The molecule has 0 aromatic carbocycles. The number of rotatable bonds is 16. The molecule has 26 heavy (non-hydrogen) atoms. The molecule has 0 aromatic rings. The van der Waals surface area contributed by atoms with Crippen molar-refractivity contribution in [1.29, 1.82) is 0 Å². The highest BCUT2D eigenvalue weighted by atomic mass is 16.3. The number of amides is 1. The zero-order chi connectivity index (χ0) is 19.3. The van der Waals surface area contributed by atoms with Crippen LogP contribution in [0.5, 0.6) is 0 Å². The highest BCUT2D eigenvalue weighted by Gasteiger charge is 2.04. The Morgan fingerprint density at radius 3 is 1.85 bits per heavy atom. The van der Waals surface area contributed by atoms with Gasteiger partial charge in [-0.2, -0.15) is 0 Å². The molecule has 0 saturated heterocycles. The summed E-state index contributed by atoms with van der Waals surface area (Å²) < 4.78 is 0. The molecular weight excluding hydrogens is 322 g/mol. The lowest BCUT2D eigenvalue weighted by Crippen LogP contribution is -2.34. The van der Waals surface area contributed by atoms with Crippen LogP contribution in [0.1, 0.15) is 78.1 Å². The second kappa shape index (κ2) is 19.7. The third-order valence-electron chi connectivity index (χ3n) is 3.91. The van der Waals surface area contributed by atoms with Crippen LogP contribution in [0.2, 0.25) is 0 Å². The first-order valence-electron chi connectivity index (χ1n) is 10.2. The predicted octanol–water partition coefficient (Wildman–Crippen LogP) is 5.63. The largest absolute Gasteiger partial charge is 0.394 e. The first kappa shape index (κ1) is 24.4. The molecule has 3 nitrogen and oxygen atoms in total. The zero-order valence-corrected chi connectivity index (χ0v) is 16.8. The van der Waals surface area contributed by atoms with Crippen LogP contribution in [-0.2, 0) is 4.79 Å². The summed E-state index contributed by atoms with van der Waals surface area (Å²) in [4.78, 5) is 11.5. The Bertz CT molecular complexity index is 435. The van der Waals surface area contributed by atoms with Gasteiger partial charge < -0.3 is 10.4 Å². The molecule has 0 unspecified atom stereocenters. The molecule has 0 rings (SSSR count). The van der Waals surface area contributed by atoms with Gasteiger partial charge in [0.25, 0.3) is 0 Å². The quantitative estimate of drug-likeness (QED) is 0.276. The predicted molar refractivity (Wildman–Crippen MR) is 113 cm³/mol. The number of carbonyl (C=O) groups excluding carboxylic acids is 1. The van der Waals surface area contributed by atoms with Crippen molar-refractivity contribution in [2.24, 2.45) is 0 Å². The van der Waals surface area contributed by atoms with Crippen LogP contribution in [-0.4, -0.2) is 23.7 Å². The van der Waals surface area contributed by atoms with Crippen LogP contribution < -0.4 is 5.32 Å². The number of aliphatic hydroxyl groups is 1. The molecule has 0 aliphatic heterocycles. The third-order valence-corrected chi connectivity index (χ3v) is 3.91. The third kappa shape index (κ3) is 18.7. The first-order valence-corrected chi connectivity index (χ1v) is 10.2. The molecule has 1 atom stereocenters. The molecule has 0 aromatic heterocycles. The molecule has 0 aliphatic carbocycles. The van der Waals surface area contributed by atoms with E-state index in [0.29, 0.717) is 6.42 Å². The molecule has 2 N–H and O–H groups in total. The maximum atomic E-state index is 11.5. The number of nitrogens with one attached hydrogen (secondary N) is 1. The Hall–Kier alpha value is -1.61. The summed E-state index contributed by atoms with van der Waals surface area (Å²) in [7, 11) is 0. The van der Waals surface area contributed by atoms with Crippen LogP contribution >= 0.6 is 0 Å². The summed E-state index contributed by atoms with van der Waals surface area (Å²) in [5.41, 5.74) is 0. The molecule has 0 aliphatic rings. The Labute approximate surface area is 161 Å². The number of allylic oxidation sites excluding steroid dienone is 8. The van der Waals surface area contributed by atoms with Crippen molar-refractivity contribution < 1.29 is 9.90 Å². The van der Waals surface area contributed by atoms with E-state index < -0.39 is 0 Å². The maximum absolute atomic E-state index is 11.5. The minimum absolute atomic E-state index is 0.0110. The smallest absolute Gasteiger partial charge is 0.220 e. The summed E-state index contributed by atoms with van der Waals surface area (Å²) in [6, 6.07) is -0.154. The van der Waals surface area contributed by atoms with E-state index in [2.05, 4.69) is 60.8 Å². The minimum atomic E-state index is -0.154. The molecule has 0 heterocycles. The topological polar surface area (TPSA) is 49.3 Å². The van der Waals surface area contributed by atoms with Crippen LogP contribution in [0, 0.1) is 0 Å². The maximum Gasteiger partial charge on any atom is 0.220 e. The SMILES string of the molecule is CCCCC/C=C/C/C=C/C/C=C/C/C=C/CCCC(=O)N[C@H](C)CO. The second-order valence-corrected chi connectivity index (χ2v) is 6.63. The number of hydrogen-bond acceptors (Lipinski definition) is 2. The molecule has 3 heteroatoms. The van der Waals surface area contributed by atoms with Gasteiger partial charge in [0.15, 0.2) is 0 Å². The Morgan fingerprint density at radius 2 is 1.35 bits per heavy atom. The second-order valence-electron chi connectivity index (χ2n) is 6.63. The lowest BCUT2D eigenvalue weighted by molar-refractivity contribution is -0.122. The van der Waals surface area contributed by atoms with Crippen LogP contribution in [0.4, 0.5) is 0 Å². The number of carbonyl (C=O) groups is 1. The standard InChI is InChI=1S/C23H39NO2/c1-3-4-5-6-7-8-9-10-11-12-13-14-15-16-17-18-19-20-23(26)24-22(2)21-25/h7-8,10-11,13-14,16-17,22,25H,3-6,9,12,15,18-21H2,1-2H3,(H,24,26)/b8-7+,11-10+,14-13+,17-16+/t22-/m1/s1. The van der Waals surface area contributed by atoms with E-state index in [1.165, 1.54) is 25.7 Å². The van der Waals surface area contributed by atoms with Gasteiger partial charge in [-0.05, 0) is 51.9 Å². The van der Waals surface area contributed by atoms with Crippen LogP contribution in [0.15, 0.2) is 48.6 Å². The van der Waals surface area contributed by atoms with Crippen molar-refractivity contribution in [3.05, 3.63) is 48.6 Å². The van der Waals surface area contributed by atoms with Crippen molar-refractivity contribution >= 4 is 5.91 Å². The van der Waals surface area contributed by atoms with Crippen molar-refractivity contribution in [2.45, 2.75) is 84.1 Å². The summed E-state index contributed by atoms with van der Waals surface area (Å²) in [6.07, 6.45) is 28.0. The van der Waals surface area contributed by atoms with Gasteiger partial charge in [0.05, 0.1) is 6.61 Å². The van der Waals surface area contributed by atoms with E-state index in [-0.39, 0.29) is 18.6 Å². The van der Waals surface area contributed by atoms with Crippen LogP contribution in [0.3, 0.4) is 0 Å². The molecule has 0 saturated carbocycles. The monoisotopic (exact) mass is 361 g/mol. The summed E-state index contributed by atoms with van der Waals surface area (Å²) in [6.45, 7) is 4.02. The van der Waals surface area contributed by atoms with Gasteiger partial charge in [-0.15, -0.1) is 0 Å². The number of hydrogen-bond donors (Lipinski definition) is 2. The van der Waals surface area contributed by atoms with Gasteiger partial charge in [0.1, 0.15) is 0 Å². The van der Waals surface area contributed by atoms with Crippen molar-refractivity contribution in [3.8, 4) is 0 Å². The molecular formula is C23H39NO2. The van der Waals surface area contributed by atoms with Gasteiger partial charge >= 0.3 is 0 Å². The van der Waals surface area contributed by atoms with Crippen molar-refractivity contribution in [1.82, 2.24) is 5.32 Å². The fourth-order valence-electron chi connectivity index (χ4n) is 2.33. The lowest BCUT2D eigenvalue weighted by atomic mass is 10.2. The zero-order valence-electron chi connectivity index (χ0n) is 16.8. The Morgan fingerprint density at radius 1 is 0.846 bits per heavy atom. The van der Waals surface area contributed by atoms with Crippen molar-refractivity contribution in [3.63, 3.8) is 0 Å². The molecule has 148 valence electrons. The van der Waals surface area contributed by atoms with Crippen molar-refractivity contribution in [2.75, 3.05) is 6.61 Å². The summed E-state index contributed by atoms with van der Waals surface area (Å²) in [5.74, 6) is 0.0161. The van der Waals surface area contributed by atoms with Gasteiger partial charge in [0, 0.05) is 12.5 Å². The summed E-state index contributed by atoms with van der Waals surface area (Å²) >= 11 is 0. The molecule has 0 radical (unpaired) electrons. The van der Waals surface area contributed by atoms with Gasteiger partial charge in [0.2, 0.25) is 5.91 Å². The minimum Gasteiger partial charge on any atom is -0.394 e.